The van der Waals surface area contributed by atoms with E-state index in [1.54, 1.807) is 0 Å². The second kappa shape index (κ2) is 4.69. The molecule has 0 rings (SSSR count). The minimum atomic E-state index is -0.122. The average Bonchev–Trinajstić information content (AvgIpc) is 2.00. The predicted molar refractivity (Wildman–Crippen MR) is 68.2 cm³/mol. The first-order valence-electron chi connectivity index (χ1n) is 5.22. The third-order valence-electron chi connectivity index (χ3n) is 2.30. The standard InChI is InChI=1S/C12H23N3/c1-9(11(2,3)4)14-15-10(8-13)12(5,6)7/h8,13H,1-7H3/b13-8?,14-9+,15-10+. The molecule has 0 radical (unpaired) electrons. The molecule has 0 saturated carbocycles. The van der Waals surface area contributed by atoms with Crippen LogP contribution in [-0.2, 0) is 0 Å². The monoisotopic (exact) mass is 209 g/mol. The van der Waals surface area contributed by atoms with Crippen molar-refractivity contribution in [1.29, 1.82) is 5.41 Å². The highest BCUT2D eigenvalue weighted by atomic mass is 15.2. The Bertz CT molecular complexity index is 285. The number of rotatable bonds is 2. The Hall–Kier alpha value is -0.990. The predicted octanol–water partition coefficient (Wildman–Crippen LogP) is 3.55. The first kappa shape index (κ1) is 14.0. The van der Waals surface area contributed by atoms with Gasteiger partial charge in [-0.15, -0.1) is 0 Å². The third-order valence-corrected chi connectivity index (χ3v) is 2.30. The molecule has 0 aliphatic heterocycles. The normalized spacial score (nSPS) is 15.4. The Morgan fingerprint density at radius 2 is 1.40 bits per heavy atom. The van der Waals surface area contributed by atoms with Gasteiger partial charge in [-0.25, -0.2) is 0 Å². The molecule has 0 spiro atoms. The molecule has 0 aromatic carbocycles. The van der Waals surface area contributed by atoms with Crippen molar-refractivity contribution in [2.75, 3.05) is 0 Å². The van der Waals surface area contributed by atoms with Crippen molar-refractivity contribution in [3.8, 4) is 0 Å². The first-order chi connectivity index (χ1) is 6.59. The minimum Gasteiger partial charge on any atom is -0.307 e. The molecule has 0 aliphatic carbocycles. The molecule has 0 aromatic heterocycles. The SMILES string of the molecule is C/C(=N\N=C(/C=N)C(C)(C)C)C(C)(C)C. The van der Waals surface area contributed by atoms with E-state index in [2.05, 4.69) is 31.0 Å². The van der Waals surface area contributed by atoms with Gasteiger partial charge < -0.3 is 5.41 Å². The zero-order chi connectivity index (χ0) is 12.3. The van der Waals surface area contributed by atoms with Crippen LogP contribution in [0.5, 0.6) is 0 Å². The van der Waals surface area contributed by atoms with Gasteiger partial charge in [-0.3, -0.25) is 0 Å². The lowest BCUT2D eigenvalue weighted by molar-refractivity contribution is 0.581. The van der Waals surface area contributed by atoms with Crippen molar-refractivity contribution in [1.82, 2.24) is 0 Å². The van der Waals surface area contributed by atoms with Gasteiger partial charge in [0.25, 0.3) is 0 Å². The van der Waals surface area contributed by atoms with E-state index in [1.165, 1.54) is 6.21 Å². The zero-order valence-corrected chi connectivity index (χ0v) is 11.0. The summed E-state index contributed by atoms with van der Waals surface area (Å²) in [6.07, 6.45) is 1.28. The fraction of sp³-hybridized carbons (Fsp3) is 0.750. The van der Waals surface area contributed by atoms with Crippen molar-refractivity contribution in [2.45, 2.75) is 48.5 Å². The second-order valence-electron chi connectivity index (χ2n) is 5.81. The molecule has 1 N–H and O–H groups in total. The number of hydrogen-bond acceptors (Lipinski definition) is 3. The fourth-order valence-electron chi connectivity index (χ4n) is 0.674. The van der Waals surface area contributed by atoms with Crippen molar-refractivity contribution in [2.24, 2.45) is 21.0 Å². The molecule has 0 saturated heterocycles. The topological polar surface area (TPSA) is 48.6 Å². The van der Waals surface area contributed by atoms with Gasteiger partial charge in [-0.1, -0.05) is 41.5 Å². The zero-order valence-electron chi connectivity index (χ0n) is 11.0. The summed E-state index contributed by atoms with van der Waals surface area (Å²) in [4.78, 5) is 0. The highest BCUT2D eigenvalue weighted by Crippen LogP contribution is 2.18. The molecule has 0 aliphatic rings. The lowest BCUT2D eigenvalue weighted by Crippen LogP contribution is -2.22. The molecule has 3 heteroatoms. The summed E-state index contributed by atoms with van der Waals surface area (Å²) < 4.78 is 0. The number of hydrogen-bond donors (Lipinski definition) is 1. The number of nitrogens with one attached hydrogen (secondary N) is 1. The summed E-state index contributed by atoms with van der Waals surface area (Å²) in [5, 5.41) is 15.6. The lowest BCUT2D eigenvalue weighted by Gasteiger charge is -2.18. The second-order valence-corrected chi connectivity index (χ2v) is 5.81. The Morgan fingerprint density at radius 3 is 1.67 bits per heavy atom. The molecule has 0 heterocycles. The van der Waals surface area contributed by atoms with E-state index in [0.29, 0.717) is 5.71 Å². The Labute approximate surface area is 93.2 Å². The molecule has 0 aromatic rings. The maximum Gasteiger partial charge on any atom is 0.0858 e. The summed E-state index contributed by atoms with van der Waals surface area (Å²) in [5.41, 5.74) is 1.59. The van der Waals surface area contributed by atoms with Crippen LogP contribution in [0.4, 0.5) is 0 Å². The van der Waals surface area contributed by atoms with E-state index in [9.17, 15) is 0 Å². The largest absolute Gasteiger partial charge is 0.307 e. The Kier molecular flexibility index (Phi) is 4.38. The van der Waals surface area contributed by atoms with Gasteiger partial charge in [-0.05, 0) is 6.92 Å². The van der Waals surface area contributed by atoms with Crippen LogP contribution in [0.3, 0.4) is 0 Å². The van der Waals surface area contributed by atoms with Crippen LogP contribution in [0.25, 0.3) is 0 Å². The van der Waals surface area contributed by atoms with E-state index < -0.39 is 0 Å². The van der Waals surface area contributed by atoms with E-state index >= 15 is 0 Å². The molecule has 3 nitrogen and oxygen atoms in total. The van der Waals surface area contributed by atoms with Crippen molar-refractivity contribution < 1.29 is 0 Å². The summed E-state index contributed by atoms with van der Waals surface area (Å²) in [7, 11) is 0. The van der Waals surface area contributed by atoms with Crippen molar-refractivity contribution in [3.05, 3.63) is 0 Å². The molecule has 0 amide bonds. The van der Waals surface area contributed by atoms with Gasteiger partial charge in [0.1, 0.15) is 0 Å². The summed E-state index contributed by atoms with van der Waals surface area (Å²) >= 11 is 0. The maximum absolute atomic E-state index is 7.29. The van der Waals surface area contributed by atoms with Crippen LogP contribution in [-0.4, -0.2) is 17.6 Å². The molecule has 15 heavy (non-hydrogen) atoms. The van der Waals surface area contributed by atoms with Gasteiger partial charge >= 0.3 is 0 Å². The number of nitrogens with zero attached hydrogens (tertiary/aromatic N) is 2. The van der Waals surface area contributed by atoms with Gasteiger partial charge in [0.05, 0.1) is 5.71 Å². The lowest BCUT2D eigenvalue weighted by atomic mass is 9.90. The minimum absolute atomic E-state index is 0.0362. The van der Waals surface area contributed by atoms with E-state index in [1.807, 2.05) is 27.7 Å². The molecule has 86 valence electrons. The quantitative estimate of drug-likeness (QED) is 0.534. The van der Waals surface area contributed by atoms with Gasteiger partial charge in [0, 0.05) is 22.8 Å². The van der Waals surface area contributed by atoms with Crippen LogP contribution >= 0.6 is 0 Å². The smallest absolute Gasteiger partial charge is 0.0858 e. The summed E-state index contributed by atoms with van der Waals surface area (Å²) in [6.45, 7) is 14.3. The summed E-state index contributed by atoms with van der Waals surface area (Å²) in [6, 6.07) is 0. The van der Waals surface area contributed by atoms with Crippen LogP contribution < -0.4 is 0 Å². The highest BCUT2D eigenvalue weighted by molar-refractivity contribution is 6.31. The van der Waals surface area contributed by atoms with E-state index in [-0.39, 0.29) is 10.8 Å². The fourth-order valence-corrected chi connectivity index (χ4v) is 0.674. The van der Waals surface area contributed by atoms with Gasteiger partial charge in [0.2, 0.25) is 0 Å². The molecular weight excluding hydrogens is 186 g/mol. The van der Waals surface area contributed by atoms with E-state index in [0.717, 1.165) is 5.71 Å². The Balaban J connectivity index is 4.99. The maximum atomic E-state index is 7.29. The van der Waals surface area contributed by atoms with E-state index in [4.69, 9.17) is 5.41 Å². The van der Waals surface area contributed by atoms with Crippen LogP contribution in [0.1, 0.15) is 48.5 Å². The van der Waals surface area contributed by atoms with Crippen molar-refractivity contribution >= 4 is 17.6 Å². The van der Waals surface area contributed by atoms with Crippen molar-refractivity contribution in [3.63, 3.8) is 0 Å². The van der Waals surface area contributed by atoms with Crippen LogP contribution in [0.2, 0.25) is 0 Å². The molecular formula is C12H23N3. The summed E-state index contributed by atoms with van der Waals surface area (Å²) in [5.74, 6) is 0. The highest BCUT2D eigenvalue weighted by Gasteiger charge is 2.18. The molecule has 0 atom stereocenters. The van der Waals surface area contributed by atoms with Gasteiger partial charge in [-0.2, -0.15) is 10.2 Å². The Morgan fingerprint density at radius 1 is 0.933 bits per heavy atom. The van der Waals surface area contributed by atoms with Crippen LogP contribution in [0, 0.1) is 16.2 Å². The molecule has 0 bridgehead atoms. The molecule has 0 fully saturated rings. The van der Waals surface area contributed by atoms with Gasteiger partial charge in [0.15, 0.2) is 0 Å². The third kappa shape index (κ3) is 4.86. The first-order valence-corrected chi connectivity index (χ1v) is 5.22. The average molecular weight is 209 g/mol. The molecule has 0 unspecified atom stereocenters. The van der Waals surface area contributed by atoms with Crippen LogP contribution in [0.15, 0.2) is 10.2 Å².